The van der Waals surface area contributed by atoms with E-state index in [4.69, 9.17) is 4.55 Å². The van der Waals surface area contributed by atoms with Gasteiger partial charge in [0.1, 0.15) is 5.37 Å². The maximum Gasteiger partial charge on any atom is 0.363 e. The molecule has 1 aliphatic rings. The van der Waals surface area contributed by atoms with Crippen molar-refractivity contribution >= 4 is 28.0 Å². The zero-order chi connectivity index (χ0) is 8.65. The van der Waals surface area contributed by atoms with Crippen LogP contribution in [-0.2, 0) is 15.1 Å². The van der Waals surface area contributed by atoms with Crippen molar-refractivity contribution in [2.75, 3.05) is 6.26 Å². The topological polar surface area (TPSA) is 74.7 Å². The summed E-state index contributed by atoms with van der Waals surface area (Å²) in [5.74, 6) is -0.549. The van der Waals surface area contributed by atoms with Gasteiger partial charge in [0.05, 0.1) is 6.42 Å². The quantitative estimate of drug-likeness (QED) is 0.486. The van der Waals surface area contributed by atoms with Crippen molar-refractivity contribution in [3.63, 3.8) is 0 Å². The number of hydrogen-bond donors (Lipinski definition) is 1. The van der Waals surface area contributed by atoms with Crippen LogP contribution in [0.2, 0.25) is 0 Å². The first kappa shape index (κ1) is 8.82. The fraction of sp³-hybridized carbons (Fsp3) is 0.750. The summed E-state index contributed by atoms with van der Waals surface area (Å²) in [6.45, 7) is 0. The van der Waals surface area contributed by atoms with Gasteiger partial charge < -0.3 is 0 Å². The first-order valence-corrected chi connectivity index (χ1v) is 5.48. The number of β-lactam (4-membered cyclic amide) rings is 1. The van der Waals surface area contributed by atoms with E-state index >= 15 is 0 Å². The second-order valence-corrected chi connectivity index (χ2v) is 4.37. The van der Waals surface area contributed by atoms with Gasteiger partial charge in [-0.2, -0.15) is 8.42 Å². The van der Waals surface area contributed by atoms with Crippen molar-refractivity contribution in [3.8, 4) is 0 Å². The molecule has 0 aromatic heterocycles. The molecule has 11 heavy (non-hydrogen) atoms. The van der Waals surface area contributed by atoms with Gasteiger partial charge >= 0.3 is 10.3 Å². The Morgan fingerprint density at radius 2 is 2.27 bits per heavy atom. The van der Waals surface area contributed by atoms with Crippen molar-refractivity contribution < 1.29 is 17.8 Å². The highest BCUT2D eigenvalue weighted by Gasteiger charge is 2.43. The fourth-order valence-electron chi connectivity index (χ4n) is 0.827. The second-order valence-electron chi connectivity index (χ2n) is 2.06. The molecule has 0 bridgehead atoms. The number of carbonyl (C=O) groups is 1. The number of amides is 1. The molecule has 64 valence electrons. The first-order valence-electron chi connectivity index (χ1n) is 2.79. The van der Waals surface area contributed by atoms with Crippen LogP contribution in [0.4, 0.5) is 0 Å². The number of hydrogen-bond acceptors (Lipinski definition) is 4. The Morgan fingerprint density at radius 1 is 1.73 bits per heavy atom. The van der Waals surface area contributed by atoms with E-state index in [9.17, 15) is 13.2 Å². The van der Waals surface area contributed by atoms with Gasteiger partial charge in [0.15, 0.2) is 0 Å². The van der Waals surface area contributed by atoms with Crippen molar-refractivity contribution in [3.05, 3.63) is 0 Å². The van der Waals surface area contributed by atoms with E-state index < -0.39 is 21.6 Å². The van der Waals surface area contributed by atoms with Gasteiger partial charge in [0, 0.05) is 0 Å². The Balaban J connectivity index is 2.79. The van der Waals surface area contributed by atoms with Gasteiger partial charge in [0.2, 0.25) is 5.91 Å². The highest BCUT2D eigenvalue weighted by Crippen LogP contribution is 2.29. The van der Waals surface area contributed by atoms with E-state index in [-0.39, 0.29) is 6.42 Å². The van der Waals surface area contributed by atoms with Crippen molar-refractivity contribution in [2.24, 2.45) is 0 Å². The monoisotopic (exact) mass is 197 g/mol. The molecular weight excluding hydrogens is 190 g/mol. The Labute approximate surface area is 68.6 Å². The van der Waals surface area contributed by atoms with Crippen molar-refractivity contribution in [1.82, 2.24) is 4.31 Å². The molecule has 1 aliphatic heterocycles. The average molecular weight is 197 g/mol. The first-order chi connectivity index (χ1) is 4.96. The largest absolute Gasteiger partial charge is 0.363 e. The Kier molecular flexibility index (Phi) is 2.13. The van der Waals surface area contributed by atoms with Crippen LogP contribution in [0.5, 0.6) is 0 Å². The average Bonchev–Trinajstić information content (AvgIpc) is 1.77. The smallest absolute Gasteiger partial charge is 0.274 e. The highest BCUT2D eigenvalue weighted by atomic mass is 32.2. The van der Waals surface area contributed by atoms with E-state index in [1.54, 1.807) is 6.26 Å². The lowest BCUT2D eigenvalue weighted by Gasteiger charge is -2.35. The molecule has 0 spiro atoms. The molecule has 1 fully saturated rings. The molecule has 1 heterocycles. The lowest BCUT2D eigenvalue weighted by atomic mass is 10.3. The van der Waals surface area contributed by atoms with Crippen LogP contribution in [0.25, 0.3) is 0 Å². The van der Waals surface area contributed by atoms with Crippen molar-refractivity contribution in [2.45, 2.75) is 11.8 Å². The molecule has 7 heteroatoms. The van der Waals surface area contributed by atoms with Crippen LogP contribution >= 0.6 is 11.8 Å². The zero-order valence-corrected chi connectivity index (χ0v) is 7.35. The summed E-state index contributed by atoms with van der Waals surface area (Å²) in [7, 11) is -4.31. The molecule has 0 radical (unpaired) electrons. The Morgan fingerprint density at radius 3 is 2.45 bits per heavy atom. The molecule has 0 aliphatic carbocycles. The minimum absolute atomic E-state index is 0.182. The molecular formula is C4H7NO4S2. The van der Waals surface area contributed by atoms with Crippen LogP contribution in [0, 0.1) is 0 Å². The van der Waals surface area contributed by atoms with Gasteiger partial charge in [0.25, 0.3) is 0 Å². The van der Waals surface area contributed by atoms with E-state index in [0.717, 1.165) is 0 Å². The van der Waals surface area contributed by atoms with Crippen LogP contribution in [0.1, 0.15) is 6.42 Å². The zero-order valence-electron chi connectivity index (χ0n) is 5.72. The Bertz CT molecular complexity index is 272. The maximum absolute atomic E-state index is 10.6. The molecule has 1 saturated heterocycles. The normalized spacial score (nSPS) is 25.1. The van der Waals surface area contributed by atoms with Gasteiger partial charge in [-0.3, -0.25) is 9.35 Å². The number of thioether (sulfide) groups is 1. The standard InChI is InChI=1S/C4H7NO4S2/c1-10-4-2-3(6)5(4)11(7,8)9/h4H,2H2,1H3,(H,7,8,9). The second kappa shape index (κ2) is 2.65. The summed E-state index contributed by atoms with van der Waals surface area (Å²) in [6.07, 6.45) is 1.86. The number of nitrogens with zero attached hydrogens (tertiary/aromatic N) is 1. The van der Waals surface area contributed by atoms with Crippen LogP contribution < -0.4 is 0 Å². The summed E-state index contributed by atoms with van der Waals surface area (Å²) < 4.78 is 29.8. The summed E-state index contributed by atoms with van der Waals surface area (Å²) in [4.78, 5) is 10.6. The van der Waals surface area contributed by atoms with E-state index in [1.165, 1.54) is 11.8 Å². The predicted molar refractivity (Wildman–Crippen MR) is 40.3 cm³/mol. The lowest BCUT2D eigenvalue weighted by molar-refractivity contribution is -0.134. The van der Waals surface area contributed by atoms with Crippen LogP contribution in [-0.4, -0.2) is 34.8 Å². The maximum atomic E-state index is 10.6. The van der Waals surface area contributed by atoms with Crippen molar-refractivity contribution in [1.29, 1.82) is 0 Å². The summed E-state index contributed by atoms with van der Waals surface area (Å²) >= 11 is 1.22. The molecule has 0 saturated carbocycles. The predicted octanol–water partition coefficient (Wildman–Crippen LogP) is -0.289. The molecule has 5 nitrogen and oxygen atoms in total. The fourth-order valence-corrected chi connectivity index (χ4v) is 2.73. The Hall–Kier alpha value is -0.270. The molecule has 1 amide bonds. The summed E-state index contributed by atoms with van der Waals surface area (Å²) in [5.41, 5.74) is 0. The molecule has 1 unspecified atom stereocenters. The SMILES string of the molecule is CSC1CC(=O)N1S(=O)(=O)O. The molecule has 1 rings (SSSR count). The van der Waals surface area contributed by atoms with E-state index in [2.05, 4.69) is 0 Å². The summed E-state index contributed by atoms with van der Waals surface area (Å²) in [6, 6.07) is 0. The van der Waals surface area contributed by atoms with Gasteiger partial charge in [-0.05, 0) is 6.26 Å². The number of rotatable bonds is 2. The third-order valence-corrected chi connectivity index (χ3v) is 3.39. The molecule has 0 aromatic rings. The minimum atomic E-state index is -4.31. The third-order valence-electron chi connectivity index (χ3n) is 1.38. The van der Waals surface area contributed by atoms with Gasteiger partial charge in [-0.25, -0.2) is 4.31 Å². The minimum Gasteiger partial charge on any atom is -0.274 e. The molecule has 1 atom stereocenters. The van der Waals surface area contributed by atoms with Gasteiger partial charge in [-0.1, -0.05) is 0 Å². The molecule has 1 N–H and O–H groups in total. The van der Waals surface area contributed by atoms with Crippen LogP contribution in [0.15, 0.2) is 0 Å². The van der Waals surface area contributed by atoms with E-state index in [1.807, 2.05) is 0 Å². The van der Waals surface area contributed by atoms with Crippen LogP contribution in [0.3, 0.4) is 0 Å². The summed E-state index contributed by atoms with van der Waals surface area (Å²) in [5, 5.41) is -0.419. The lowest BCUT2D eigenvalue weighted by Crippen LogP contribution is -2.53. The third kappa shape index (κ3) is 1.49. The highest BCUT2D eigenvalue weighted by molar-refractivity contribution is 8.00. The van der Waals surface area contributed by atoms with E-state index in [0.29, 0.717) is 4.31 Å². The molecule has 0 aromatic carbocycles. The van der Waals surface area contributed by atoms with Gasteiger partial charge in [-0.15, -0.1) is 11.8 Å². The number of carbonyl (C=O) groups excluding carboxylic acids is 1.